The Kier molecular flexibility index (Phi) is 9.58. The molecular formula is C35H40F2O4. The number of fused-ring (bicyclic) bond motifs is 1. The van der Waals surface area contributed by atoms with Crippen molar-refractivity contribution in [2.45, 2.75) is 71.1 Å². The summed E-state index contributed by atoms with van der Waals surface area (Å²) in [6, 6.07) is 18.5. The quantitative estimate of drug-likeness (QED) is 0.183. The van der Waals surface area contributed by atoms with Gasteiger partial charge in [-0.15, -0.1) is 0 Å². The highest BCUT2D eigenvalue weighted by atomic mass is 19.2. The molecule has 41 heavy (non-hydrogen) atoms. The standard InChI is InChI=1S/C35H40F2O4/c1-3-5-23-6-9-26(10-7-23)35(38)41-30-16-14-25(15-17-30)28-13-12-27-20-24(8-11-29(27)21-28)22-40-32-19-18-31(39-4-2)33(36)34(32)37/h6-7,9-10,14-19,24,27-29H,3-5,8,11-13,20-22H2,1-2H3. The van der Waals surface area contributed by atoms with E-state index in [0.29, 0.717) is 41.6 Å². The first-order valence-electron chi connectivity index (χ1n) is 15.1. The van der Waals surface area contributed by atoms with Gasteiger partial charge in [-0.2, -0.15) is 8.78 Å². The third kappa shape index (κ3) is 7.09. The maximum atomic E-state index is 14.4. The van der Waals surface area contributed by atoms with Crippen LogP contribution in [0.4, 0.5) is 8.78 Å². The number of hydrogen-bond acceptors (Lipinski definition) is 4. The van der Waals surface area contributed by atoms with Crippen LogP contribution in [0.3, 0.4) is 0 Å². The minimum atomic E-state index is -0.991. The number of carbonyl (C=O) groups excluding carboxylic acids is 1. The second-order valence-electron chi connectivity index (χ2n) is 11.5. The lowest BCUT2D eigenvalue weighted by atomic mass is 9.64. The largest absolute Gasteiger partial charge is 0.491 e. The highest BCUT2D eigenvalue weighted by molar-refractivity contribution is 5.91. The molecule has 3 aromatic carbocycles. The predicted octanol–water partition coefficient (Wildman–Crippen LogP) is 8.91. The Morgan fingerprint density at radius 2 is 1.44 bits per heavy atom. The van der Waals surface area contributed by atoms with Gasteiger partial charge in [0.2, 0.25) is 11.6 Å². The van der Waals surface area contributed by atoms with Gasteiger partial charge in [0.1, 0.15) is 5.75 Å². The van der Waals surface area contributed by atoms with Crippen LogP contribution in [0.1, 0.15) is 86.2 Å². The van der Waals surface area contributed by atoms with Gasteiger partial charge in [0, 0.05) is 0 Å². The Hall–Kier alpha value is -3.41. The molecule has 3 aromatic rings. The summed E-state index contributed by atoms with van der Waals surface area (Å²) in [5, 5.41) is 0. The SMILES string of the molecule is CCCc1ccc(C(=O)Oc2ccc(C3CCC4CC(COc5ccc(OCC)c(F)c5F)CCC4C3)cc2)cc1. The Morgan fingerprint density at radius 3 is 2.12 bits per heavy atom. The molecule has 218 valence electrons. The van der Waals surface area contributed by atoms with E-state index in [4.69, 9.17) is 14.2 Å². The first kappa shape index (κ1) is 29.1. The minimum Gasteiger partial charge on any atom is -0.491 e. The molecule has 4 atom stereocenters. The summed E-state index contributed by atoms with van der Waals surface area (Å²) in [6.45, 7) is 4.55. The molecule has 2 aliphatic carbocycles. The van der Waals surface area contributed by atoms with E-state index in [1.165, 1.54) is 23.3 Å². The molecule has 0 saturated heterocycles. The number of benzene rings is 3. The first-order chi connectivity index (χ1) is 19.9. The van der Waals surface area contributed by atoms with Crippen LogP contribution in [-0.4, -0.2) is 19.2 Å². The Bertz CT molecular complexity index is 1300. The van der Waals surface area contributed by atoms with Crippen LogP contribution in [0, 0.1) is 29.4 Å². The fourth-order valence-electron chi connectivity index (χ4n) is 6.61. The van der Waals surface area contributed by atoms with Crippen LogP contribution >= 0.6 is 0 Å². The van der Waals surface area contributed by atoms with Gasteiger partial charge in [-0.1, -0.05) is 37.6 Å². The van der Waals surface area contributed by atoms with Crippen molar-refractivity contribution in [3.63, 3.8) is 0 Å². The van der Waals surface area contributed by atoms with Crippen molar-refractivity contribution >= 4 is 5.97 Å². The molecule has 5 rings (SSSR count). The van der Waals surface area contributed by atoms with Gasteiger partial charge in [-0.05, 0) is 123 Å². The van der Waals surface area contributed by atoms with E-state index in [9.17, 15) is 13.6 Å². The molecule has 2 aliphatic rings. The number of rotatable bonds is 10. The molecule has 2 saturated carbocycles. The number of aryl methyl sites for hydroxylation is 1. The lowest BCUT2D eigenvalue weighted by molar-refractivity contribution is 0.0734. The Labute approximate surface area is 242 Å². The van der Waals surface area contributed by atoms with Crippen molar-refractivity contribution in [1.29, 1.82) is 0 Å². The summed E-state index contributed by atoms with van der Waals surface area (Å²) in [5.74, 6) is 0.277. The van der Waals surface area contributed by atoms with Crippen molar-refractivity contribution in [2.75, 3.05) is 13.2 Å². The third-order valence-electron chi connectivity index (χ3n) is 8.80. The molecule has 0 aliphatic heterocycles. The molecule has 0 bridgehead atoms. The van der Waals surface area contributed by atoms with Crippen LogP contribution in [0.5, 0.6) is 17.2 Å². The van der Waals surface area contributed by atoms with Crippen LogP contribution in [0.15, 0.2) is 60.7 Å². The summed E-state index contributed by atoms with van der Waals surface area (Å²) in [7, 11) is 0. The van der Waals surface area contributed by atoms with Gasteiger partial charge in [0.05, 0.1) is 18.8 Å². The van der Waals surface area contributed by atoms with Crippen molar-refractivity contribution in [2.24, 2.45) is 17.8 Å². The zero-order valence-corrected chi connectivity index (χ0v) is 24.0. The molecule has 0 radical (unpaired) electrons. The lowest BCUT2D eigenvalue weighted by Gasteiger charge is -2.42. The second-order valence-corrected chi connectivity index (χ2v) is 11.5. The summed E-state index contributed by atoms with van der Waals surface area (Å²) in [6.07, 6.45) is 8.73. The molecule has 0 N–H and O–H groups in total. The monoisotopic (exact) mass is 562 g/mol. The van der Waals surface area contributed by atoms with E-state index in [2.05, 4.69) is 19.1 Å². The lowest BCUT2D eigenvalue weighted by Crippen LogP contribution is -2.32. The zero-order chi connectivity index (χ0) is 28.8. The fraction of sp³-hybridized carbons (Fsp3) is 0.457. The molecular weight excluding hydrogens is 522 g/mol. The van der Waals surface area contributed by atoms with Crippen molar-refractivity contribution in [1.82, 2.24) is 0 Å². The van der Waals surface area contributed by atoms with Gasteiger partial charge < -0.3 is 14.2 Å². The average molecular weight is 563 g/mol. The van der Waals surface area contributed by atoms with E-state index < -0.39 is 11.6 Å². The van der Waals surface area contributed by atoms with E-state index in [0.717, 1.165) is 51.4 Å². The van der Waals surface area contributed by atoms with Gasteiger partial charge in [-0.3, -0.25) is 0 Å². The molecule has 0 heterocycles. The van der Waals surface area contributed by atoms with E-state index >= 15 is 0 Å². The maximum Gasteiger partial charge on any atom is 0.343 e. The van der Waals surface area contributed by atoms with Crippen LogP contribution in [0.25, 0.3) is 0 Å². The summed E-state index contributed by atoms with van der Waals surface area (Å²) < 4.78 is 45.1. The number of carbonyl (C=O) groups is 1. The highest BCUT2D eigenvalue weighted by Gasteiger charge is 2.36. The van der Waals surface area contributed by atoms with Gasteiger partial charge in [-0.25, -0.2) is 4.79 Å². The van der Waals surface area contributed by atoms with E-state index in [1.807, 2.05) is 36.4 Å². The average Bonchev–Trinajstić information content (AvgIpc) is 3.00. The second kappa shape index (κ2) is 13.5. The number of hydrogen-bond donors (Lipinski definition) is 0. The molecule has 2 fully saturated rings. The zero-order valence-electron chi connectivity index (χ0n) is 24.0. The van der Waals surface area contributed by atoms with Crippen molar-refractivity contribution in [3.05, 3.63) is 89.0 Å². The Balaban J connectivity index is 1.10. The number of ether oxygens (including phenoxy) is 3. The molecule has 4 unspecified atom stereocenters. The molecule has 0 amide bonds. The summed E-state index contributed by atoms with van der Waals surface area (Å²) >= 11 is 0. The van der Waals surface area contributed by atoms with E-state index in [1.54, 1.807) is 6.92 Å². The normalized spacial score (nSPS) is 22.0. The number of esters is 1. The fourth-order valence-corrected chi connectivity index (χ4v) is 6.61. The molecule has 4 nitrogen and oxygen atoms in total. The Morgan fingerprint density at radius 1 is 0.780 bits per heavy atom. The predicted molar refractivity (Wildman–Crippen MR) is 156 cm³/mol. The third-order valence-corrected chi connectivity index (χ3v) is 8.80. The van der Waals surface area contributed by atoms with Crippen molar-refractivity contribution in [3.8, 4) is 17.2 Å². The van der Waals surface area contributed by atoms with Crippen LogP contribution < -0.4 is 14.2 Å². The minimum absolute atomic E-state index is 0.0456. The topological polar surface area (TPSA) is 44.8 Å². The van der Waals surface area contributed by atoms with Gasteiger partial charge in [0.15, 0.2) is 11.5 Å². The molecule has 6 heteroatoms. The van der Waals surface area contributed by atoms with Crippen LogP contribution in [0.2, 0.25) is 0 Å². The maximum absolute atomic E-state index is 14.4. The molecule has 0 aromatic heterocycles. The molecule has 0 spiro atoms. The van der Waals surface area contributed by atoms with E-state index in [-0.39, 0.29) is 24.1 Å². The van der Waals surface area contributed by atoms with Crippen LogP contribution in [-0.2, 0) is 6.42 Å². The first-order valence-corrected chi connectivity index (χ1v) is 15.1. The van der Waals surface area contributed by atoms with Gasteiger partial charge >= 0.3 is 5.97 Å². The van der Waals surface area contributed by atoms with Crippen molar-refractivity contribution < 1.29 is 27.8 Å². The summed E-state index contributed by atoms with van der Waals surface area (Å²) in [5.41, 5.74) is 3.08. The smallest absolute Gasteiger partial charge is 0.343 e. The van der Waals surface area contributed by atoms with Gasteiger partial charge in [0.25, 0.3) is 0 Å². The number of halogens is 2. The highest BCUT2D eigenvalue weighted by Crippen LogP contribution is 2.48. The summed E-state index contributed by atoms with van der Waals surface area (Å²) in [4.78, 5) is 12.6.